The molecule has 0 unspecified atom stereocenters. The first kappa shape index (κ1) is 28.1. The summed E-state index contributed by atoms with van der Waals surface area (Å²) >= 11 is 8.03. The smallest absolute Gasteiger partial charge is 0.266 e. The van der Waals surface area contributed by atoms with Gasteiger partial charge in [0.25, 0.3) is 5.91 Å². The molecular formula is C32H34ClN3O3S. The SMILES string of the molecule is CCOc1cc(/C=C2\SC(=Nc3ccc(N4CCCCC4)cc3)N(CC)C2=O)cc(Cl)c1OCc1ccccc1. The molecule has 8 heteroatoms. The lowest BCUT2D eigenvalue weighted by molar-refractivity contribution is -0.122. The van der Waals surface area contributed by atoms with Gasteiger partial charge in [0.15, 0.2) is 16.7 Å². The van der Waals surface area contributed by atoms with E-state index < -0.39 is 0 Å². The van der Waals surface area contributed by atoms with E-state index in [0.717, 1.165) is 29.9 Å². The van der Waals surface area contributed by atoms with Crippen molar-refractivity contribution in [3.05, 3.63) is 87.8 Å². The lowest BCUT2D eigenvalue weighted by Gasteiger charge is -2.28. The van der Waals surface area contributed by atoms with Crippen molar-refractivity contribution in [3.63, 3.8) is 0 Å². The largest absolute Gasteiger partial charge is 0.490 e. The summed E-state index contributed by atoms with van der Waals surface area (Å²) in [6.07, 6.45) is 5.63. The number of rotatable bonds is 9. The van der Waals surface area contributed by atoms with Crippen molar-refractivity contribution in [2.24, 2.45) is 4.99 Å². The third-order valence-corrected chi connectivity index (χ3v) is 8.14. The Bertz CT molecular complexity index is 1390. The molecule has 0 saturated carbocycles. The number of hydrogen-bond acceptors (Lipinski definition) is 6. The molecule has 6 nitrogen and oxygen atoms in total. The van der Waals surface area contributed by atoms with E-state index in [-0.39, 0.29) is 5.91 Å². The molecule has 0 aliphatic carbocycles. The molecule has 208 valence electrons. The molecule has 0 spiro atoms. The number of carbonyl (C=O) groups is 1. The summed E-state index contributed by atoms with van der Waals surface area (Å²) in [5.41, 5.74) is 3.86. The van der Waals surface area contributed by atoms with E-state index in [1.165, 1.54) is 36.7 Å². The van der Waals surface area contributed by atoms with Crippen molar-refractivity contribution in [2.75, 3.05) is 31.1 Å². The van der Waals surface area contributed by atoms with Crippen molar-refractivity contribution in [1.29, 1.82) is 0 Å². The molecule has 2 aliphatic rings. The number of anilines is 1. The van der Waals surface area contributed by atoms with Crippen molar-refractivity contribution in [3.8, 4) is 11.5 Å². The van der Waals surface area contributed by atoms with Crippen LogP contribution in [0.1, 0.15) is 44.2 Å². The van der Waals surface area contributed by atoms with Crippen LogP contribution >= 0.6 is 23.4 Å². The van der Waals surface area contributed by atoms with Crippen LogP contribution in [-0.4, -0.2) is 42.2 Å². The van der Waals surface area contributed by atoms with Gasteiger partial charge in [0.1, 0.15) is 6.61 Å². The molecule has 0 N–H and O–H groups in total. The van der Waals surface area contributed by atoms with Gasteiger partial charge in [-0.05, 0) is 98.5 Å². The monoisotopic (exact) mass is 575 g/mol. The molecule has 0 bridgehead atoms. The second kappa shape index (κ2) is 13.3. The minimum Gasteiger partial charge on any atom is -0.490 e. The fourth-order valence-corrected chi connectivity index (χ4v) is 6.16. The lowest BCUT2D eigenvalue weighted by atomic mass is 10.1. The summed E-state index contributed by atoms with van der Waals surface area (Å²) in [5.74, 6) is 0.961. The number of thioether (sulfide) groups is 1. The zero-order valence-electron chi connectivity index (χ0n) is 22.9. The van der Waals surface area contributed by atoms with Crippen molar-refractivity contribution in [2.45, 2.75) is 39.7 Å². The average Bonchev–Trinajstić information content (AvgIpc) is 3.27. The maximum absolute atomic E-state index is 13.3. The summed E-state index contributed by atoms with van der Waals surface area (Å²) in [7, 11) is 0. The van der Waals surface area contributed by atoms with Crippen LogP contribution in [0.15, 0.2) is 76.6 Å². The van der Waals surface area contributed by atoms with E-state index in [0.29, 0.717) is 46.4 Å². The standard InChI is InChI=1S/C32H34ClN3O3S/c1-3-36-31(37)29(40-32(36)34-25-13-15-26(16-14-25)35-17-9-6-10-18-35)21-24-19-27(33)30(28(20-24)38-4-2)39-22-23-11-7-5-8-12-23/h5,7-8,11-16,19-21H,3-4,6,9-10,17-18,22H2,1-2H3/b29-21-,34-32?. The van der Waals surface area contributed by atoms with Crippen LogP contribution in [0.4, 0.5) is 11.4 Å². The highest BCUT2D eigenvalue weighted by Gasteiger charge is 2.32. The normalized spacial score (nSPS) is 17.6. The maximum atomic E-state index is 13.3. The molecule has 40 heavy (non-hydrogen) atoms. The number of hydrogen-bond donors (Lipinski definition) is 0. The summed E-state index contributed by atoms with van der Waals surface area (Å²) in [6, 6.07) is 21.9. The van der Waals surface area contributed by atoms with Gasteiger partial charge in [-0.3, -0.25) is 9.69 Å². The van der Waals surface area contributed by atoms with Crippen molar-refractivity contribution in [1.82, 2.24) is 4.90 Å². The second-order valence-corrected chi connectivity index (χ2v) is 11.1. The minimum absolute atomic E-state index is 0.0744. The van der Waals surface area contributed by atoms with Crippen LogP contribution in [-0.2, 0) is 11.4 Å². The van der Waals surface area contributed by atoms with Crippen LogP contribution in [0.2, 0.25) is 5.02 Å². The van der Waals surface area contributed by atoms with Crippen LogP contribution in [0.3, 0.4) is 0 Å². The van der Waals surface area contributed by atoms with Gasteiger partial charge in [0, 0.05) is 25.3 Å². The number of carbonyl (C=O) groups excluding carboxylic acids is 1. The molecule has 3 aromatic carbocycles. The Morgan fingerprint density at radius 2 is 1.73 bits per heavy atom. The zero-order valence-corrected chi connectivity index (χ0v) is 24.5. The first-order chi connectivity index (χ1) is 19.6. The number of benzene rings is 3. The Hall–Kier alpha value is -3.42. The quantitative estimate of drug-likeness (QED) is 0.242. The van der Waals surface area contributed by atoms with E-state index in [9.17, 15) is 4.79 Å². The van der Waals surface area contributed by atoms with Gasteiger partial charge in [-0.25, -0.2) is 4.99 Å². The number of aliphatic imine (C=N–C) groups is 1. The molecule has 0 aromatic heterocycles. The first-order valence-corrected chi connectivity index (χ1v) is 15.0. The topological polar surface area (TPSA) is 54.4 Å². The molecule has 0 atom stereocenters. The molecule has 1 amide bonds. The van der Waals surface area contributed by atoms with Gasteiger partial charge in [0.05, 0.1) is 22.2 Å². The Kier molecular flexibility index (Phi) is 9.34. The molecule has 0 radical (unpaired) electrons. The second-order valence-electron chi connectivity index (χ2n) is 9.66. The highest BCUT2D eigenvalue weighted by molar-refractivity contribution is 8.18. The molecule has 2 fully saturated rings. The molecule has 5 rings (SSSR count). The fraction of sp³-hybridized carbons (Fsp3) is 0.312. The zero-order chi connectivity index (χ0) is 27.9. The average molecular weight is 576 g/mol. The van der Waals surface area contributed by atoms with Gasteiger partial charge >= 0.3 is 0 Å². The maximum Gasteiger partial charge on any atom is 0.266 e. The number of halogens is 1. The van der Waals surface area contributed by atoms with E-state index in [4.69, 9.17) is 26.1 Å². The molecule has 3 aromatic rings. The summed E-state index contributed by atoms with van der Waals surface area (Å²) in [5, 5.41) is 1.10. The first-order valence-electron chi connectivity index (χ1n) is 13.8. The van der Waals surface area contributed by atoms with Gasteiger partial charge in [-0.2, -0.15) is 0 Å². The summed E-state index contributed by atoms with van der Waals surface area (Å²) < 4.78 is 11.9. The third kappa shape index (κ3) is 6.65. The summed E-state index contributed by atoms with van der Waals surface area (Å²) in [6.45, 7) is 7.44. The highest BCUT2D eigenvalue weighted by atomic mass is 35.5. The molecular weight excluding hydrogens is 542 g/mol. The van der Waals surface area contributed by atoms with Crippen molar-refractivity contribution >= 4 is 51.9 Å². The van der Waals surface area contributed by atoms with Crippen molar-refractivity contribution < 1.29 is 14.3 Å². The number of piperidine rings is 1. The molecule has 2 saturated heterocycles. The fourth-order valence-electron chi connectivity index (χ4n) is 4.83. The number of amidine groups is 1. The predicted octanol–water partition coefficient (Wildman–Crippen LogP) is 7.93. The van der Waals surface area contributed by atoms with Crippen LogP contribution in [0.25, 0.3) is 6.08 Å². The lowest BCUT2D eigenvalue weighted by Crippen LogP contribution is -2.29. The number of nitrogens with zero attached hydrogens (tertiary/aromatic N) is 3. The number of likely N-dealkylation sites (N-methyl/N-ethyl adjacent to an activating group) is 1. The van der Waals surface area contributed by atoms with Crippen LogP contribution in [0, 0.1) is 0 Å². The van der Waals surface area contributed by atoms with Crippen LogP contribution in [0.5, 0.6) is 11.5 Å². The third-order valence-electron chi connectivity index (χ3n) is 6.86. The van der Waals surface area contributed by atoms with E-state index in [1.807, 2.05) is 68.5 Å². The predicted molar refractivity (Wildman–Crippen MR) is 166 cm³/mol. The van der Waals surface area contributed by atoms with Crippen LogP contribution < -0.4 is 14.4 Å². The minimum atomic E-state index is -0.0744. The van der Waals surface area contributed by atoms with Gasteiger partial charge in [-0.1, -0.05) is 41.9 Å². The van der Waals surface area contributed by atoms with Gasteiger partial charge in [0.2, 0.25) is 0 Å². The Morgan fingerprint density at radius 1 is 0.975 bits per heavy atom. The van der Waals surface area contributed by atoms with Gasteiger partial charge in [-0.15, -0.1) is 0 Å². The van der Waals surface area contributed by atoms with E-state index >= 15 is 0 Å². The summed E-state index contributed by atoms with van der Waals surface area (Å²) in [4.78, 5) is 22.8. The number of ether oxygens (including phenoxy) is 2. The Balaban J connectivity index is 1.36. The molecule has 2 heterocycles. The van der Waals surface area contributed by atoms with E-state index in [1.54, 1.807) is 11.0 Å². The Labute approximate surface area is 245 Å². The van der Waals surface area contributed by atoms with Gasteiger partial charge < -0.3 is 14.4 Å². The van der Waals surface area contributed by atoms with E-state index in [2.05, 4.69) is 17.0 Å². The highest BCUT2D eigenvalue weighted by Crippen LogP contribution is 2.40. The molecule has 2 aliphatic heterocycles. The number of amides is 1. The Morgan fingerprint density at radius 3 is 2.42 bits per heavy atom.